The van der Waals surface area contributed by atoms with Crippen molar-refractivity contribution in [2.75, 3.05) is 11.5 Å². The molecule has 1 aliphatic rings. The molecule has 2 heterocycles. The van der Waals surface area contributed by atoms with Crippen molar-refractivity contribution in [3.05, 3.63) is 72.1 Å². The summed E-state index contributed by atoms with van der Waals surface area (Å²) in [5.41, 5.74) is 7.92. The van der Waals surface area contributed by atoms with Crippen molar-refractivity contribution in [2.24, 2.45) is 17.6 Å². The Morgan fingerprint density at radius 3 is 2.33 bits per heavy atom. The fraction of sp³-hybridized carbons (Fsp3) is 0.385. The number of aromatic nitrogens is 2. The fourth-order valence-electron chi connectivity index (χ4n) is 4.74. The van der Waals surface area contributed by atoms with Gasteiger partial charge >= 0.3 is 0 Å². The third kappa shape index (κ3) is 6.44. The summed E-state index contributed by atoms with van der Waals surface area (Å²) in [5.74, 6) is -2.01. The first kappa shape index (κ1) is 25.7. The second-order valence-electron chi connectivity index (χ2n) is 9.31. The van der Waals surface area contributed by atoms with Crippen LogP contribution in [0.5, 0.6) is 0 Å². The van der Waals surface area contributed by atoms with E-state index in [-0.39, 0.29) is 29.5 Å². The van der Waals surface area contributed by atoms with Crippen molar-refractivity contribution < 1.29 is 23.1 Å². The lowest BCUT2D eigenvalue weighted by molar-refractivity contribution is -0.125. The average molecular weight is 511 g/mol. The van der Waals surface area contributed by atoms with Crippen molar-refractivity contribution in [1.29, 1.82) is 0 Å². The van der Waals surface area contributed by atoms with Crippen molar-refractivity contribution in [2.45, 2.75) is 37.8 Å². The lowest BCUT2D eigenvalue weighted by atomic mass is 9.81. The molecule has 190 valence electrons. The minimum Gasteiger partial charge on any atom is -0.391 e. The zero-order valence-electron chi connectivity index (χ0n) is 19.8. The maximum absolute atomic E-state index is 13.1. The Labute approximate surface area is 210 Å². The third-order valence-electron chi connectivity index (χ3n) is 6.79. The smallest absolute Gasteiger partial charge is 0.271 e. The molecule has 2 amide bonds. The minimum absolute atomic E-state index is 0.00234. The highest BCUT2D eigenvalue weighted by molar-refractivity contribution is 7.91. The molecule has 1 aromatic heterocycles. The Morgan fingerprint density at radius 2 is 1.67 bits per heavy atom. The molecule has 4 N–H and O–H groups in total. The molecule has 10 heteroatoms. The van der Waals surface area contributed by atoms with Crippen LogP contribution in [0.25, 0.3) is 11.0 Å². The lowest BCUT2D eigenvalue weighted by Crippen LogP contribution is -2.47. The molecule has 0 saturated carbocycles. The molecule has 2 aromatic carbocycles. The van der Waals surface area contributed by atoms with E-state index in [9.17, 15) is 23.1 Å². The molecule has 0 aliphatic carbocycles. The van der Waals surface area contributed by atoms with Crippen LogP contribution in [0.4, 0.5) is 0 Å². The maximum Gasteiger partial charge on any atom is 0.271 e. The minimum atomic E-state index is -3.11. The summed E-state index contributed by atoms with van der Waals surface area (Å²) in [6, 6.07) is 15.8. The first-order chi connectivity index (χ1) is 17.2. The Hall–Kier alpha value is -3.37. The predicted molar refractivity (Wildman–Crippen MR) is 136 cm³/mol. The number of para-hydroxylation sites is 2. The largest absolute Gasteiger partial charge is 0.391 e. The second kappa shape index (κ2) is 11.1. The number of fused-ring (bicyclic) bond motifs is 1. The van der Waals surface area contributed by atoms with Gasteiger partial charge in [0.25, 0.3) is 5.91 Å². The number of carbonyl (C=O) groups excluding carboxylic acids is 2. The first-order valence-electron chi connectivity index (χ1n) is 12.0. The molecule has 36 heavy (non-hydrogen) atoms. The zero-order chi connectivity index (χ0) is 25.7. The summed E-state index contributed by atoms with van der Waals surface area (Å²) < 4.78 is 23.7. The van der Waals surface area contributed by atoms with Gasteiger partial charge in [-0.25, -0.2) is 13.4 Å². The van der Waals surface area contributed by atoms with E-state index in [2.05, 4.69) is 15.3 Å². The number of sulfone groups is 1. The number of amides is 2. The number of aliphatic hydroxyl groups excluding tert-OH is 1. The topological polar surface area (TPSA) is 152 Å². The number of nitrogens with two attached hydrogens (primary N) is 1. The summed E-state index contributed by atoms with van der Waals surface area (Å²) in [6.07, 6.45) is 1.27. The van der Waals surface area contributed by atoms with Gasteiger partial charge in [0.1, 0.15) is 15.5 Å². The quantitative estimate of drug-likeness (QED) is 0.396. The maximum atomic E-state index is 13.1. The molecule has 1 saturated heterocycles. The molecular weight excluding hydrogens is 480 g/mol. The highest BCUT2D eigenvalue weighted by Crippen LogP contribution is 2.30. The molecule has 0 radical (unpaired) electrons. The molecule has 4 rings (SSSR count). The van der Waals surface area contributed by atoms with Gasteiger partial charge in [-0.15, -0.1) is 0 Å². The number of primary amides is 1. The van der Waals surface area contributed by atoms with Crippen molar-refractivity contribution in [3.8, 4) is 0 Å². The van der Waals surface area contributed by atoms with Crippen LogP contribution in [0.3, 0.4) is 0 Å². The average Bonchev–Trinajstić information content (AvgIpc) is 2.87. The summed E-state index contributed by atoms with van der Waals surface area (Å²) in [4.78, 5) is 34.1. The number of nitrogens with zero attached hydrogens (tertiary/aromatic N) is 2. The molecule has 3 aromatic rings. The second-order valence-corrected chi connectivity index (χ2v) is 11.6. The SMILES string of the molecule is NC(=O)[C@@H](C[C@H](O)[C@H](Cc1ccccc1)NC(=O)c1cnc2ccccc2n1)C1CCS(=O)(=O)CC1. The van der Waals surface area contributed by atoms with Crippen LogP contribution >= 0.6 is 0 Å². The Morgan fingerprint density at radius 1 is 1.03 bits per heavy atom. The highest BCUT2D eigenvalue weighted by Gasteiger charge is 2.36. The van der Waals surface area contributed by atoms with Crippen LogP contribution in [0.2, 0.25) is 0 Å². The monoisotopic (exact) mass is 510 g/mol. The number of nitrogens with one attached hydrogen (secondary N) is 1. The van der Waals surface area contributed by atoms with Gasteiger partial charge < -0.3 is 16.2 Å². The van der Waals surface area contributed by atoms with E-state index in [0.29, 0.717) is 30.3 Å². The van der Waals surface area contributed by atoms with Crippen LogP contribution in [0.15, 0.2) is 60.8 Å². The first-order valence-corrected chi connectivity index (χ1v) is 13.8. The van der Waals surface area contributed by atoms with Gasteiger partial charge in [0.15, 0.2) is 0 Å². The number of hydrogen-bond acceptors (Lipinski definition) is 7. The molecule has 9 nitrogen and oxygen atoms in total. The van der Waals surface area contributed by atoms with E-state index in [0.717, 1.165) is 5.56 Å². The van der Waals surface area contributed by atoms with E-state index in [1.165, 1.54) is 6.20 Å². The number of carbonyl (C=O) groups is 2. The van der Waals surface area contributed by atoms with E-state index < -0.39 is 39.7 Å². The molecule has 1 fully saturated rings. The van der Waals surface area contributed by atoms with Gasteiger partial charge in [0, 0.05) is 5.92 Å². The lowest BCUT2D eigenvalue weighted by Gasteiger charge is -2.32. The number of hydrogen-bond donors (Lipinski definition) is 3. The van der Waals surface area contributed by atoms with Crippen LogP contribution in [0.1, 0.15) is 35.3 Å². The molecule has 0 bridgehead atoms. The van der Waals surface area contributed by atoms with Gasteiger partial charge in [-0.1, -0.05) is 42.5 Å². The van der Waals surface area contributed by atoms with E-state index in [1.54, 1.807) is 18.2 Å². The standard InChI is InChI=1S/C26H30N4O5S/c27-25(32)19(18-10-12-36(34,35)13-11-18)15-24(31)22(14-17-6-2-1-3-7-17)30-26(33)23-16-28-20-8-4-5-9-21(20)29-23/h1-9,16,18-19,22,24,31H,10-15H2,(H2,27,32)(H,30,33)/t19-,22-,24-/m0/s1. The number of benzene rings is 2. The normalized spacial score (nSPS) is 18.2. The van der Waals surface area contributed by atoms with E-state index in [1.807, 2.05) is 36.4 Å². The number of rotatable bonds is 9. The van der Waals surface area contributed by atoms with Crippen LogP contribution in [-0.2, 0) is 21.1 Å². The summed E-state index contributed by atoms with van der Waals surface area (Å²) >= 11 is 0. The van der Waals surface area contributed by atoms with Gasteiger partial charge in [0.05, 0.1) is 40.9 Å². The van der Waals surface area contributed by atoms with Crippen molar-refractivity contribution in [3.63, 3.8) is 0 Å². The van der Waals surface area contributed by atoms with Gasteiger partial charge in [0.2, 0.25) is 5.91 Å². The Kier molecular flexibility index (Phi) is 7.95. The predicted octanol–water partition coefficient (Wildman–Crippen LogP) is 1.65. The molecule has 0 unspecified atom stereocenters. The summed E-state index contributed by atoms with van der Waals surface area (Å²) in [7, 11) is -3.11. The molecular formula is C26H30N4O5S. The Bertz CT molecular complexity index is 1320. The van der Waals surface area contributed by atoms with E-state index >= 15 is 0 Å². The van der Waals surface area contributed by atoms with Gasteiger partial charge in [-0.05, 0) is 49.3 Å². The third-order valence-corrected chi connectivity index (χ3v) is 8.51. The molecule has 3 atom stereocenters. The molecule has 0 spiro atoms. The van der Waals surface area contributed by atoms with E-state index in [4.69, 9.17) is 5.73 Å². The summed E-state index contributed by atoms with van der Waals surface area (Å²) in [6.45, 7) is 0. The van der Waals surface area contributed by atoms with Gasteiger partial charge in [-0.2, -0.15) is 0 Å². The van der Waals surface area contributed by atoms with Crippen LogP contribution < -0.4 is 11.1 Å². The van der Waals surface area contributed by atoms with Crippen LogP contribution in [-0.4, -0.2) is 59.0 Å². The van der Waals surface area contributed by atoms with Gasteiger partial charge in [-0.3, -0.25) is 14.6 Å². The van der Waals surface area contributed by atoms with Crippen molar-refractivity contribution >= 4 is 32.7 Å². The number of aliphatic hydroxyl groups is 1. The Balaban J connectivity index is 1.53. The van der Waals surface area contributed by atoms with Crippen LogP contribution in [0, 0.1) is 11.8 Å². The summed E-state index contributed by atoms with van der Waals surface area (Å²) in [5, 5.41) is 14.1. The van der Waals surface area contributed by atoms with Crippen molar-refractivity contribution in [1.82, 2.24) is 15.3 Å². The molecule has 1 aliphatic heterocycles. The highest BCUT2D eigenvalue weighted by atomic mass is 32.2. The zero-order valence-corrected chi connectivity index (χ0v) is 20.6. The fourth-order valence-corrected chi connectivity index (χ4v) is 6.26.